The van der Waals surface area contributed by atoms with Gasteiger partial charge in [-0.2, -0.15) is 18.2 Å². The number of alkyl halides is 3. The number of fused-ring (bicyclic) bond motifs is 1. The Morgan fingerprint density at radius 2 is 2.10 bits per heavy atom. The Morgan fingerprint density at radius 1 is 1.27 bits per heavy atom. The van der Waals surface area contributed by atoms with Crippen molar-refractivity contribution in [3.05, 3.63) is 41.7 Å². The molecule has 2 aliphatic rings. The van der Waals surface area contributed by atoms with Crippen LogP contribution in [0.25, 0.3) is 0 Å². The lowest BCUT2D eigenvalue weighted by atomic mass is 10.1. The van der Waals surface area contributed by atoms with Gasteiger partial charge in [0.15, 0.2) is 17.2 Å². The van der Waals surface area contributed by atoms with Crippen LogP contribution < -0.4 is 19.5 Å². The molecule has 1 unspecified atom stereocenters. The van der Waals surface area contributed by atoms with Gasteiger partial charge in [-0.25, -0.2) is 9.78 Å². The zero-order valence-electron chi connectivity index (χ0n) is 15.8. The van der Waals surface area contributed by atoms with E-state index in [1.807, 2.05) is 6.07 Å². The second-order valence-electron chi connectivity index (χ2n) is 6.90. The van der Waals surface area contributed by atoms with Gasteiger partial charge in [0, 0.05) is 19.3 Å². The molecule has 0 radical (unpaired) electrons. The van der Waals surface area contributed by atoms with E-state index in [2.05, 4.69) is 15.3 Å². The van der Waals surface area contributed by atoms with Gasteiger partial charge in [0.05, 0.1) is 6.54 Å². The van der Waals surface area contributed by atoms with Crippen LogP contribution in [-0.4, -0.2) is 46.9 Å². The van der Waals surface area contributed by atoms with Crippen LogP contribution in [0, 0.1) is 0 Å². The summed E-state index contributed by atoms with van der Waals surface area (Å²) < 4.78 is 54.5. The van der Waals surface area contributed by atoms with Crippen LogP contribution in [0.1, 0.15) is 24.1 Å². The van der Waals surface area contributed by atoms with E-state index >= 15 is 0 Å². The largest absolute Gasteiger partial charge is 0.458 e. The molecule has 1 aromatic heterocycles. The monoisotopic (exact) mass is 424 g/mol. The maximum Gasteiger partial charge on any atom is 0.433 e. The summed E-state index contributed by atoms with van der Waals surface area (Å²) in [5.74, 6) is 1.30. The number of carbonyl (C=O) groups excluding carboxylic acids is 1. The number of piperidine rings is 1. The van der Waals surface area contributed by atoms with E-state index in [4.69, 9.17) is 14.2 Å². The number of nitrogens with zero attached hydrogens (tertiary/aromatic N) is 3. The number of nitrogens with one attached hydrogen (secondary N) is 1. The number of likely N-dealkylation sites (tertiary alicyclic amines) is 1. The number of carbonyl (C=O) groups is 1. The number of ether oxygens (including phenoxy) is 3. The summed E-state index contributed by atoms with van der Waals surface area (Å²) in [6.45, 7) is 1.23. The maximum atomic E-state index is 12.8. The van der Waals surface area contributed by atoms with E-state index in [0.29, 0.717) is 37.4 Å². The lowest BCUT2D eigenvalue weighted by molar-refractivity contribution is -0.141. The zero-order chi connectivity index (χ0) is 21.1. The van der Waals surface area contributed by atoms with Gasteiger partial charge in [0.2, 0.25) is 6.79 Å². The molecule has 1 N–H and O–H groups in total. The number of aromatic nitrogens is 2. The third-order valence-electron chi connectivity index (χ3n) is 4.74. The van der Waals surface area contributed by atoms with Gasteiger partial charge >= 0.3 is 18.2 Å². The molecule has 2 aliphatic heterocycles. The SMILES string of the molecule is O=C(NCc1ccc2c(c1)OCO2)N1CCCC(Oc2nccc(C(F)(F)F)n2)C1. The molecule has 1 atom stereocenters. The van der Waals surface area contributed by atoms with Crippen molar-refractivity contribution in [1.82, 2.24) is 20.2 Å². The highest BCUT2D eigenvalue weighted by Gasteiger charge is 2.33. The topological polar surface area (TPSA) is 85.8 Å². The molecule has 3 heterocycles. The molecular weight excluding hydrogens is 405 g/mol. The van der Waals surface area contributed by atoms with Crippen molar-refractivity contribution in [3.8, 4) is 17.5 Å². The first-order chi connectivity index (χ1) is 14.4. The number of halogens is 3. The van der Waals surface area contributed by atoms with Crippen LogP contribution in [0.2, 0.25) is 0 Å². The van der Waals surface area contributed by atoms with Crippen molar-refractivity contribution in [2.45, 2.75) is 31.7 Å². The summed E-state index contributed by atoms with van der Waals surface area (Å²) in [7, 11) is 0. The molecule has 0 aliphatic carbocycles. The Morgan fingerprint density at radius 3 is 2.93 bits per heavy atom. The van der Waals surface area contributed by atoms with Crippen molar-refractivity contribution in [2.75, 3.05) is 19.9 Å². The average Bonchev–Trinajstić information content (AvgIpc) is 3.20. The molecule has 2 amide bonds. The normalized spacial score (nSPS) is 18.2. The van der Waals surface area contributed by atoms with Crippen molar-refractivity contribution in [2.24, 2.45) is 0 Å². The second-order valence-corrected chi connectivity index (χ2v) is 6.90. The maximum absolute atomic E-state index is 12.8. The number of benzene rings is 1. The van der Waals surface area contributed by atoms with Crippen molar-refractivity contribution < 1.29 is 32.2 Å². The summed E-state index contributed by atoms with van der Waals surface area (Å²) in [6.07, 6.45) is -2.82. The van der Waals surface area contributed by atoms with Gasteiger partial charge in [-0.05, 0) is 36.6 Å². The first-order valence-electron chi connectivity index (χ1n) is 9.37. The second kappa shape index (κ2) is 8.25. The van der Waals surface area contributed by atoms with Gasteiger partial charge < -0.3 is 24.4 Å². The number of urea groups is 1. The molecule has 30 heavy (non-hydrogen) atoms. The minimum atomic E-state index is -4.58. The van der Waals surface area contributed by atoms with Crippen LogP contribution in [0.5, 0.6) is 17.5 Å². The predicted molar refractivity (Wildman–Crippen MR) is 97.1 cm³/mol. The quantitative estimate of drug-likeness (QED) is 0.812. The van der Waals surface area contributed by atoms with Crippen LogP contribution in [0.3, 0.4) is 0 Å². The Bertz CT molecular complexity index is 925. The summed E-state index contributed by atoms with van der Waals surface area (Å²) in [5, 5.41) is 2.83. The number of hydrogen-bond donors (Lipinski definition) is 1. The standard InChI is InChI=1S/C19H19F3N4O4/c20-19(21,22)16-5-6-23-17(25-16)30-13-2-1-7-26(10-13)18(27)24-9-12-3-4-14-15(8-12)29-11-28-14/h3-6,8,13H,1-2,7,9-11H2,(H,24,27). The molecule has 1 saturated heterocycles. The Balaban J connectivity index is 1.32. The molecule has 0 bridgehead atoms. The molecule has 8 nitrogen and oxygen atoms in total. The molecule has 0 saturated carbocycles. The molecular formula is C19H19F3N4O4. The zero-order valence-corrected chi connectivity index (χ0v) is 15.8. The molecule has 11 heteroatoms. The fourth-order valence-corrected chi connectivity index (χ4v) is 3.26. The minimum Gasteiger partial charge on any atom is -0.458 e. The molecule has 1 fully saturated rings. The van der Waals surface area contributed by atoms with Gasteiger partial charge in [-0.1, -0.05) is 6.07 Å². The minimum absolute atomic E-state index is 0.176. The summed E-state index contributed by atoms with van der Waals surface area (Å²) >= 11 is 0. The molecule has 2 aromatic rings. The Labute approximate surface area is 170 Å². The van der Waals surface area contributed by atoms with Crippen LogP contribution in [0.4, 0.5) is 18.0 Å². The number of amides is 2. The van der Waals surface area contributed by atoms with Gasteiger partial charge in [0.1, 0.15) is 6.10 Å². The third-order valence-corrected chi connectivity index (χ3v) is 4.74. The van der Waals surface area contributed by atoms with Crippen molar-refractivity contribution in [3.63, 3.8) is 0 Å². The van der Waals surface area contributed by atoms with E-state index in [0.717, 1.165) is 17.8 Å². The van der Waals surface area contributed by atoms with Crippen LogP contribution in [-0.2, 0) is 12.7 Å². The van der Waals surface area contributed by atoms with Gasteiger partial charge in [-0.3, -0.25) is 0 Å². The van der Waals surface area contributed by atoms with E-state index in [1.165, 1.54) is 0 Å². The van der Waals surface area contributed by atoms with Crippen molar-refractivity contribution >= 4 is 6.03 Å². The van der Waals surface area contributed by atoms with E-state index < -0.39 is 18.0 Å². The summed E-state index contributed by atoms with van der Waals surface area (Å²) in [4.78, 5) is 21.2. The number of hydrogen-bond acceptors (Lipinski definition) is 6. The van der Waals surface area contributed by atoms with E-state index in [1.54, 1.807) is 17.0 Å². The summed E-state index contributed by atoms with van der Waals surface area (Å²) in [6, 6.07) is 5.56. The Kier molecular flexibility index (Phi) is 5.51. The lowest BCUT2D eigenvalue weighted by Crippen LogP contribution is -2.48. The predicted octanol–water partition coefficient (Wildman–Crippen LogP) is 2.98. The van der Waals surface area contributed by atoms with Gasteiger partial charge in [0.25, 0.3) is 0 Å². The van der Waals surface area contributed by atoms with Gasteiger partial charge in [-0.15, -0.1) is 0 Å². The highest BCUT2D eigenvalue weighted by atomic mass is 19.4. The van der Waals surface area contributed by atoms with E-state index in [9.17, 15) is 18.0 Å². The highest BCUT2D eigenvalue weighted by Crippen LogP contribution is 2.32. The fraction of sp³-hybridized carbons (Fsp3) is 0.421. The molecule has 1 aromatic carbocycles. The molecule has 0 spiro atoms. The lowest BCUT2D eigenvalue weighted by Gasteiger charge is -2.32. The Hall–Kier alpha value is -3.24. The van der Waals surface area contributed by atoms with Crippen LogP contribution >= 0.6 is 0 Å². The molecule has 4 rings (SSSR count). The third kappa shape index (κ3) is 4.66. The highest BCUT2D eigenvalue weighted by molar-refractivity contribution is 5.74. The average molecular weight is 424 g/mol. The first-order valence-corrected chi connectivity index (χ1v) is 9.37. The van der Waals surface area contributed by atoms with Crippen molar-refractivity contribution in [1.29, 1.82) is 0 Å². The number of rotatable bonds is 4. The van der Waals surface area contributed by atoms with E-state index in [-0.39, 0.29) is 25.4 Å². The molecule has 160 valence electrons. The summed E-state index contributed by atoms with van der Waals surface area (Å²) in [5.41, 5.74) is -0.212. The van der Waals surface area contributed by atoms with Crippen LogP contribution in [0.15, 0.2) is 30.5 Å². The fourth-order valence-electron chi connectivity index (χ4n) is 3.26. The first kappa shape index (κ1) is 20.0. The smallest absolute Gasteiger partial charge is 0.433 e.